The third kappa shape index (κ3) is 4.95. The number of hydrogen-bond donors (Lipinski definition) is 1. The Morgan fingerprint density at radius 1 is 1.08 bits per heavy atom. The number of esters is 1. The molecule has 0 unspecified atom stereocenters. The van der Waals surface area contributed by atoms with E-state index in [1.165, 1.54) is 12.1 Å². The summed E-state index contributed by atoms with van der Waals surface area (Å²) in [6.07, 6.45) is 0. The molecular formula is C17H13Cl3N2O3. The summed E-state index contributed by atoms with van der Waals surface area (Å²) in [6.45, 7) is 1.73. The third-order valence-electron chi connectivity index (χ3n) is 2.98. The van der Waals surface area contributed by atoms with Gasteiger partial charge in [0.1, 0.15) is 0 Å². The van der Waals surface area contributed by atoms with Crippen molar-refractivity contribution in [1.29, 1.82) is 0 Å². The Labute approximate surface area is 159 Å². The first kappa shape index (κ1) is 19.2. The van der Waals surface area contributed by atoms with Crippen LogP contribution >= 0.6 is 34.8 Å². The van der Waals surface area contributed by atoms with E-state index in [9.17, 15) is 9.90 Å². The molecule has 0 radical (unpaired) electrons. The molecule has 2 aromatic rings. The molecule has 0 spiro atoms. The highest BCUT2D eigenvalue weighted by Crippen LogP contribution is 2.32. The van der Waals surface area contributed by atoms with Crippen LogP contribution in [0.15, 0.2) is 58.4 Å². The highest BCUT2D eigenvalue weighted by molar-refractivity contribution is 6.37. The van der Waals surface area contributed by atoms with Crippen molar-refractivity contribution in [3.05, 3.63) is 68.8 Å². The molecule has 0 saturated heterocycles. The quantitative estimate of drug-likeness (QED) is 0.281. The van der Waals surface area contributed by atoms with Gasteiger partial charge in [0.2, 0.25) is 5.70 Å². The van der Waals surface area contributed by atoms with E-state index in [1.807, 2.05) is 0 Å². The first-order valence-corrected chi connectivity index (χ1v) is 8.29. The van der Waals surface area contributed by atoms with Gasteiger partial charge in [0, 0.05) is 5.02 Å². The van der Waals surface area contributed by atoms with Gasteiger partial charge in [0.15, 0.2) is 5.76 Å². The summed E-state index contributed by atoms with van der Waals surface area (Å²) in [4.78, 5) is 12.2. The number of aliphatic hydroxyl groups excluding tert-OH is 1. The predicted molar refractivity (Wildman–Crippen MR) is 98.6 cm³/mol. The van der Waals surface area contributed by atoms with Crippen LogP contribution in [-0.2, 0) is 9.53 Å². The van der Waals surface area contributed by atoms with Gasteiger partial charge in [0.25, 0.3) is 0 Å². The van der Waals surface area contributed by atoms with Crippen molar-refractivity contribution in [2.45, 2.75) is 6.92 Å². The van der Waals surface area contributed by atoms with Crippen molar-refractivity contribution in [1.82, 2.24) is 0 Å². The maximum absolute atomic E-state index is 12.2. The monoisotopic (exact) mass is 398 g/mol. The smallest absolute Gasteiger partial charge is 0.362 e. The molecule has 0 aliphatic heterocycles. The van der Waals surface area contributed by atoms with Crippen LogP contribution in [0.1, 0.15) is 12.5 Å². The summed E-state index contributed by atoms with van der Waals surface area (Å²) in [6, 6.07) is 11.1. The second-order valence-electron chi connectivity index (χ2n) is 4.69. The molecule has 1 N–H and O–H groups in total. The Balaban J connectivity index is 2.51. The minimum absolute atomic E-state index is 0.0731. The first-order chi connectivity index (χ1) is 11.9. The molecule has 0 heterocycles. The van der Waals surface area contributed by atoms with Gasteiger partial charge in [-0.15, -0.1) is 5.11 Å². The standard InChI is InChI=1S/C17H13Cl3N2O3/c1-2-25-17(24)15(22-21-11-8-6-10(18)7-9-11)16(23)14-12(19)4-3-5-13(14)20/h3-9,23H,2H2,1H3. The fraction of sp³-hybridized carbons (Fsp3) is 0.118. The molecule has 0 atom stereocenters. The number of nitrogens with zero attached hydrogens (tertiary/aromatic N) is 2. The zero-order valence-corrected chi connectivity index (χ0v) is 15.3. The second-order valence-corrected chi connectivity index (χ2v) is 5.94. The van der Waals surface area contributed by atoms with E-state index < -0.39 is 17.4 Å². The average molecular weight is 400 g/mol. The van der Waals surface area contributed by atoms with Crippen LogP contribution in [0.25, 0.3) is 5.76 Å². The Morgan fingerprint density at radius 3 is 2.24 bits per heavy atom. The molecule has 0 bridgehead atoms. The van der Waals surface area contributed by atoms with E-state index in [1.54, 1.807) is 37.3 Å². The maximum atomic E-state index is 12.2. The van der Waals surface area contributed by atoms with Crippen molar-refractivity contribution in [2.75, 3.05) is 6.61 Å². The molecular weight excluding hydrogens is 387 g/mol. The average Bonchev–Trinajstić information content (AvgIpc) is 2.57. The minimum atomic E-state index is -0.853. The summed E-state index contributed by atoms with van der Waals surface area (Å²) in [5.74, 6) is -1.37. The van der Waals surface area contributed by atoms with Gasteiger partial charge in [-0.05, 0) is 43.3 Å². The molecule has 8 heteroatoms. The van der Waals surface area contributed by atoms with Crippen LogP contribution in [0.2, 0.25) is 15.1 Å². The van der Waals surface area contributed by atoms with E-state index in [2.05, 4.69) is 10.2 Å². The van der Waals surface area contributed by atoms with Crippen LogP contribution in [0.4, 0.5) is 5.69 Å². The number of rotatable bonds is 5. The Bertz CT molecular complexity index is 813. The number of carbonyl (C=O) groups excluding carboxylic acids is 1. The number of benzene rings is 2. The Hall–Kier alpha value is -2.08. The normalized spacial score (nSPS) is 12.2. The van der Waals surface area contributed by atoms with Gasteiger partial charge in [0.05, 0.1) is 27.9 Å². The molecule has 0 fully saturated rings. The highest BCUT2D eigenvalue weighted by atomic mass is 35.5. The van der Waals surface area contributed by atoms with Gasteiger partial charge < -0.3 is 9.84 Å². The zero-order valence-electron chi connectivity index (χ0n) is 13.0. The topological polar surface area (TPSA) is 71.2 Å². The molecule has 0 aromatic heterocycles. The van der Waals surface area contributed by atoms with Crippen molar-refractivity contribution in [3.63, 3.8) is 0 Å². The van der Waals surface area contributed by atoms with Crippen LogP contribution in [0, 0.1) is 0 Å². The van der Waals surface area contributed by atoms with Crippen LogP contribution < -0.4 is 0 Å². The Morgan fingerprint density at radius 2 is 1.68 bits per heavy atom. The number of aliphatic hydroxyl groups is 1. The number of ether oxygens (including phenoxy) is 1. The van der Waals surface area contributed by atoms with Gasteiger partial charge >= 0.3 is 5.97 Å². The summed E-state index contributed by atoms with van der Waals surface area (Å²) in [5.41, 5.74) is 0.0972. The fourth-order valence-electron chi connectivity index (χ4n) is 1.84. The lowest BCUT2D eigenvalue weighted by Crippen LogP contribution is -2.08. The lowest BCUT2D eigenvalue weighted by atomic mass is 10.1. The van der Waals surface area contributed by atoms with E-state index in [0.29, 0.717) is 10.7 Å². The molecule has 5 nitrogen and oxygen atoms in total. The molecule has 130 valence electrons. The molecule has 25 heavy (non-hydrogen) atoms. The molecule has 0 aliphatic carbocycles. The molecule has 0 amide bonds. The summed E-state index contributed by atoms with van der Waals surface area (Å²) in [5, 5.41) is 19.1. The Kier molecular flexibility index (Phi) is 6.82. The van der Waals surface area contributed by atoms with Crippen LogP contribution in [0.5, 0.6) is 0 Å². The van der Waals surface area contributed by atoms with Crippen LogP contribution in [0.3, 0.4) is 0 Å². The maximum Gasteiger partial charge on any atom is 0.362 e. The predicted octanol–water partition coefficient (Wildman–Crippen LogP) is 6.22. The largest absolute Gasteiger partial charge is 0.505 e. The zero-order chi connectivity index (χ0) is 18.4. The summed E-state index contributed by atoms with van der Waals surface area (Å²) < 4.78 is 4.92. The van der Waals surface area contributed by atoms with Crippen molar-refractivity contribution < 1.29 is 14.6 Å². The molecule has 0 saturated carbocycles. The molecule has 0 aliphatic rings. The number of azo groups is 1. The highest BCUT2D eigenvalue weighted by Gasteiger charge is 2.22. The van der Waals surface area contributed by atoms with E-state index in [-0.39, 0.29) is 22.2 Å². The summed E-state index contributed by atoms with van der Waals surface area (Å²) in [7, 11) is 0. The van der Waals surface area contributed by atoms with Crippen molar-refractivity contribution in [2.24, 2.45) is 10.2 Å². The van der Waals surface area contributed by atoms with Crippen LogP contribution in [-0.4, -0.2) is 17.7 Å². The lowest BCUT2D eigenvalue weighted by molar-refractivity contribution is -0.138. The van der Waals surface area contributed by atoms with Gasteiger partial charge in [-0.25, -0.2) is 4.79 Å². The minimum Gasteiger partial charge on any atom is -0.505 e. The molecule has 2 aromatic carbocycles. The third-order valence-corrected chi connectivity index (χ3v) is 3.87. The van der Waals surface area contributed by atoms with Gasteiger partial charge in [-0.3, -0.25) is 0 Å². The second kappa shape index (κ2) is 8.85. The van der Waals surface area contributed by atoms with E-state index in [0.717, 1.165) is 0 Å². The number of hydrogen-bond acceptors (Lipinski definition) is 5. The van der Waals surface area contributed by atoms with Gasteiger partial charge in [-0.2, -0.15) is 5.11 Å². The SMILES string of the molecule is CCOC(=O)C(N=Nc1ccc(Cl)cc1)=C(O)c1c(Cl)cccc1Cl. The van der Waals surface area contributed by atoms with E-state index in [4.69, 9.17) is 39.5 Å². The number of carbonyl (C=O) groups is 1. The summed E-state index contributed by atoms with van der Waals surface area (Å²) >= 11 is 17.9. The lowest BCUT2D eigenvalue weighted by Gasteiger charge is -2.09. The number of halogens is 3. The molecule has 2 rings (SSSR count). The van der Waals surface area contributed by atoms with E-state index >= 15 is 0 Å². The van der Waals surface area contributed by atoms with Crippen molar-refractivity contribution >= 4 is 52.2 Å². The van der Waals surface area contributed by atoms with Crippen molar-refractivity contribution in [3.8, 4) is 0 Å². The first-order valence-electron chi connectivity index (χ1n) is 7.16. The van der Waals surface area contributed by atoms with Gasteiger partial charge in [-0.1, -0.05) is 40.9 Å². The fourth-order valence-corrected chi connectivity index (χ4v) is 2.54.